The lowest BCUT2D eigenvalue weighted by atomic mass is 9.91. The quantitative estimate of drug-likeness (QED) is 0.783. The van der Waals surface area contributed by atoms with E-state index in [0.29, 0.717) is 16.3 Å². The summed E-state index contributed by atoms with van der Waals surface area (Å²) in [4.78, 5) is 11.7. The first-order chi connectivity index (χ1) is 6.41. The molecule has 0 aromatic carbocycles. The van der Waals surface area contributed by atoms with E-state index in [1.54, 1.807) is 0 Å². The van der Waals surface area contributed by atoms with E-state index < -0.39 is 0 Å². The third-order valence-electron chi connectivity index (χ3n) is 1.88. The molecule has 1 aromatic rings. The van der Waals surface area contributed by atoms with E-state index in [2.05, 4.69) is 31.9 Å². The second-order valence-corrected chi connectivity index (χ2v) is 5.15. The number of hydrogen-bond donors (Lipinski definition) is 0. The number of alkyl halides is 2. The van der Waals surface area contributed by atoms with Crippen molar-refractivity contribution in [1.29, 1.82) is 0 Å². The van der Waals surface area contributed by atoms with Crippen LogP contribution in [0.1, 0.15) is 32.1 Å². The van der Waals surface area contributed by atoms with Crippen LogP contribution in [0.15, 0.2) is 9.32 Å². The number of hydrogen-bond acceptors (Lipinski definition) is 2. The van der Waals surface area contributed by atoms with E-state index in [0.717, 1.165) is 5.76 Å². The van der Waals surface area contributed by atoms with E-state index in [9.17, 15) is 4.79 Å². The fraction of sp³-hybridized carbons (Fsp3) is 0.667. The molecule has 0 aliphatic carbocycles. The van der Waals surface area contributed by atoms with E-state index in [1.165, 1.54) is 4.74 Å². The molecular weight excluding hydrogens is 314 g/mol. The van der Waals surface area contributed by atoms with Gasteiger partial charge in [0.15, 0.2) is 0 Å². The van der Waals surface area contributed by atoms with Crippen LogP contribution in [0, 0.1) is 0 Å². The summed E-state index contributed by atoms with van der Waals surface area (Å²) in [6.07, 6.45) is 0. The predicted octanol–water partition coefficient (Wildman–Crippen LogP) is 2.99. The van der Waals surface area contributed by atoms with Crippen molar-refractivity contribution in [3.63, 3.8) is 0 Å². The molecule has 0 amide bonds. The molecule has 14 heavy (non-hydrogen) atoms. The first kappa shape index (κ1) is 12.0. The standard InChI is InChI=1S/C9H13Br2NO2/c1-9(2,3)7-6(4-10)8(13)12(5-11)14-7/h4-5H2,1-3H3. The van der Waals surface area contributed by atoms with E-state index in [-0.39, 0.29) is 11.0 Å². The fourth-order valence-electron chi connectivity index (χ4n) is 1.24. The summed E-state index contributed by atoms with van der Waals surface area (Å²) in [5, 5.41) is 0.530. The van der Waals surface area contributed by atoms with Gasteiger partial charge in [-0.05, 0) is 0 Å². The zero-order valence-corrected chi connectivity index (χ0v) is 11.6. The lowest BCUT2D eigenvalue weighted by Crippen LogP contribution is -2.17. The number of aromatic nitrogens is 1. The highest BCUT2D eigenvalue weighted by Gasteiger charge is 2.26. The van der Waals surface area contributed by atoms with Gasteiger partial charge in [0.2, 0.25) is 0 Å². The molecule has 1 aromatic heterocycles. The van der Waals surface area contributed by atoms with Crippen LogP contribution in [0.5, 0.6) is 0 Å². The summed E-state index contributed by atoms with van der Waals surface area (Å²) in [5.74, 6) is 0.749. The van der Waals surface area contributed by atoms with Gasteiger partial charge in [0.05, 0.1) is 5.56 Å². The zero-order chi connectivity index (χ0) is 10.9. The Morgan fingerprint density at radius 1 is 1.36 bits per heavy atom. The van der Waals surface area contributed by atoms with Crippen LogP contribution < -0.4 is 5.56 Å². The lowest BCUT2D eigenvalue weighted by Gasteiger charge is -2.14. The normalized spacial score (nSPS) is 12.1. The highest BCUT2D eigenvalue weighted by molar-refractivity contribution is 9.08. The maximum absolute atomic E-state index is 11.7. The third kappa shape index (κ3) is 2.14. The molecule has 5 heteroatoms. The monoisotopic (exact) mass is 325 g/mol. The van der Waals surface area contributed by atoms with Crippen LogP contribution in [-0.2, 0) is 16.2 Å². The average molecular weight is 327 g/mol. The van der Waals surface area contributed by atoms with Gasteiger partial charge >= 0.3 is 0 Å². The van der Waals surface area contributed by atoms with Crippen molar-refractivity contribution >= 4 is 31.9 Å². The van der Waals surface area contributed by atoms with Gasteiger partial charge < -0.3 is 4.52 Å². The zero-order valence-electron chi connectivity index (χ0n) is 8.43. The fourth-order valence-corrected chi connectivity index (χ4v) is 2.07. The molecule has 1 heterocycles. The summed E-state index contributed by atoms with van der Waals surface area (Å²) in [7, 11) is 0. The van der Waals surface area contributed by atoms with Crippen molar-refractivity contribution in [2.24, 2.45) is 0 Å². The van der Waals surface area contributed by atoms with Gasteiger partial charge in [0, 0.05) is 10.7 Å². The molecule has 0 unspecified atom stereocenters. The summed E-state index contributed by atoms with van der Waals surface area (Å²) >= 11 is 6.51. The maximum atomic E-state index is 11.7. The Morgan fingerprint density at radius 3 is 2.21 bits per heavy atom. The molecule has 0 fully saturated rings. The van der Waals surface area contributed by atoms with Crippen molar-refractivity contribution in [2.45, 2.75) is 37.0 Å². The summed E-state index contributed by atoms with van der Waals surface area (Å²) in [6.45, 7) is 6.07. The molecule has 3 nitrogen and oxygen atoms in total. The Balaban J connectivity index is 3.38. The van der Waals surface area contributed by atoms with Gasteiger partial charge in [-0.15, -0.1) is 0 Å². The second kappa shape index (κ2) is 4.23. The Labute approximate surface area is 99.7 Å². The summed E-state index contributed by atoms with van der Waals surface area (Å²) in [5.41, 5.74) is 0.887. The Hall–Kier alpha value is -0.0300. The van der Waals surface area contributed by atoms with Crippen LogP contribution in [0.3, 0.4) is 0 Å². The molecule has 0 saturated carbocycles. The molecule has 0 aliphatic rings. The van der Waals surface area contributed by atoms with Gasteiger partial charge in [-0.1, -0.05) is 52.6 Å². The minimum absolute atomic E-state index is 0.0660. The third-order valence-corrected chi connectivity index (χ3v) is 2.90. The van der Waals surface area contributed by atoms with Crippen molar-refractivity contribution in [3.05, 3.63) is 21.7 Å². The van der Waals surface area contributed by atoms with Crippen LogP contribution in [0.2, 0.25) is 0 Å². The van der Waals surface area contributed by atoms with Gasteiger partial charge in [0.1, 0.15) is 11.2 Å². The smallest absolute Gasteiger partial charge is 0.287 e. The Morgan fingerprint density at radius 2 is 1.93 bits per heavy atom. The summed E-state index contributed by atoms with van der Waals surface area (Å²) in [6, 6.07) is 0. The van der Waals surface area contributed by atoms with Crippen LogP contribution in [-0.4, -0.2) is 4.74 Å². The largest absolute Gasteiger partial charge is 0.379 e. The predicted molar refractivity (Wildman–Crippen MR) is 63.2 cm³/mol. The highest BCUT2D eigenvalue weighted by atomic mass is 79.9. The molecule has 0 spiro atoms. The van der Waals surface area contributed by atoms with Crippen molar-refractivity contribution in [2.75, 3.05) is 0 Å². The second-order valence-electron chi connectivity index (χ2n) is 4.09. The molecule has 0 atom stereocenters. The highest BCUT2D eigenvalue weighted by Crippen LogP contribution is 2.25. The van der Waals surface area contributed by atoms with Crippen LogP contribution >= 0.6 is 31.9 Å². The van der Waals surface area contributed by atoms with Gasteiger partial charge in [-0.2, -0.15) is 4.74 Å². The van der Waals surface area contributed by atoms with Crippen molar-refractivity contribution in [1.82, 2.24) is 4.74 Å². The topological polar surface area (TPSA) is 35.1 Å². The first-order valence-corrected chi connectivity index (χ1v) is 6.51. The number of nitrogens with zero attached hydrogens (tertiary/aromatic N) is 1. The number of halogens is 2. The molecule has 0 radical (unpaired) electrons. The minimum Gasteiger partial charge on any atom is -0.379 e. The first-order valence-electron chi connectivity index (χ1n) is 4.27. The molecule has 80 valence electrons. The molecule has 0 saturated heterocycles. The Bertz CT molecular complexity index is 373. The van der Waals surface area contributed by atoms with Crippen LogP contribution in [0.4, 0.5) is 0 Å². The molecule has 1 rings (SSSR count). The molecule has 0 bridgehead atoms. The SMILES string of the molecule is CC(C)(C)c1on(CBr)c(=O)c1CBr. The minimum atomic E-state index is -0.143. The lowest BCUT2D eigenvalue weighted by molar-refractivity contribution is 0.244. The maximum Gasteiger partial charge on any atom is 0.287 e. The van der Waals surface area contributed by atoms with E-state index in [4.69, 9.17) is 4.52 Å². The average Bonchev–Trinajstić information content (AvgIpc) is 2.41. The molecule has 0 N–H and O–H groups in total. The van der Waals surface area contributed by atoms with Crippen molar-refractivity contribution < 1.29 is 4.52 Å². The van der Waals surface area contributed by atoms with Gasteiger partial charge in [-0.25, -0.2) is 0 Å². The van der Waals surface area contributed by atoms with Gasteiger partial charge in [-0.3, -0.25) is 4.79 Å². The van der Waals surface area contributed by atoms with Crippen LogP contribution in [0.25, 0.3) is 0 Å². The van der Waals surface area contributed by atoms with Crippen molar-refractivity contribution in [3.8, 4) is 0 Å². The van der Waals surface area contributed by atoms with E-state index >= 15 is 0 Å². The number of rotatable bonds is 2. The van der Waals surface area contributed by atoms with E-state index in [1.807, 2.05) is 20.8 Å². The Kier molecular flexibility index (Phi) is 3.63. The molecular formula is C9H13Br2NO2. The summed E-state index contributed by atoms with van der Waals surface area (Å²) < 4.78 is 6.79. The van der Waals surface area contributed by atoms with Gasteiger partial charge in [0.25, 0.3) is 5.56 Å². The molecule has 0 aliphatic heterocycles.